The number of carbonyl (C=O) groups excluding carboxylic acids is 1. The summed E-state index contributed by atoms with van der Waals surface area (Å²) in [5.74, 6) is 2.12. The molecule has 2 aromatic rings. The number of aldehydes is 1. The molecular weight excluding hydrogens is 336 g/mol. The lowest BCUT2D eigenvalue weighted by atomic mass is 10.1. The third-order valence-corrected chi connectivity index (χ3v) is 3.58. The average Bonchev–Trinajstić information content (AvgIpc) is 2.53. The first kappa shape index (κ1) is 15.4. The van der Waals surface area contributed by atoms with Crippen LogP contribution >= 0.6 is 15.9 Å². The van der Waals surface area contributed by atoms with E-state index in [-0.39, 0.29) is 0 Å². The second-order valence-electron chi connectivity index (χ2n) is 4.27. The van der Waals surface area contributed by atoms with Gasteiger partial charge in [0.2, 0.25) is 0 Å². The van der Waals surface area contributed by atoms with Crippen LogP contribution in [-0.4, -0.2) is 20.5 Å². The third kappa shape index (κ3) is 3.76. The minimum Gasteiger partial charge on any atom is -0.497 e. The Kier molecular flexibility index (Phi) is 5.22. The zero-order valence-corrected chi connectivity index (χ0v) is 13.3. The summed E-state index contributed by atoms with van der Waals surface area (Å²) in [4.78, 5) is 10.9. The molecule has 21 heavy (non-hydrogen) atoms. The first-order valence-electron chi connectivity index (χ1n) is 6.26. The molecule has 0 heterocycles. The number of hydrogen-bond donors (Lipinski definition) is 0. The van der Waals surface area contributed by atoms with E-state index in [1.54, 1.807) is 32.4 Å². The number of benzene rings is 2. The van der Waals surface area contributed by atoms with Crippen molar-refractivity contribution < 1.29 is 19.0 Å². The van der Waals surface area contributed by atoms with Crippen molar-refractivity contribution in [3.8, 4) is 17.2 Å². The molecule has 110 valence electrons. The highest BCUT2D eigenvalue weighted by Crippen LogP contribution is 2.30. The van der Waals surface area contributed by atoms with E-state index in [1.165, 1.54) is 0 Å². The number of carbonyl (C=O) groups is 1. The molecule has 0 aliphatic rings. The Morgan fingerprint density at radius 3 is 2.43 bits per heavy atom. The maximum absolute atomic E-state index is 10.9. The topological polar surface area (TPSA) is 44.8 Å². The van der Waals surface area contributed by atoms with Gasteiger partial charge in [-0.25, -0.2) is 0 Å². The van der Waals surface area contributed by atoms with E-state index in [0.717, 1.165) is 22.1 Å². The van der Waals surface area contributed by atoms with Crippen LogP contribution in [0.2, 0.25) is 0 Å². The fourth-order valence-corrected chi connectivity index (χ4v) is 2.34. The Morgan fingerprint density at radius 1 is 1.05 bits per heavy atom. The Balaban J connectivity index is 2.17. The fourth-order valence-electron chi connectivity index (χ4n) is 1.87. The van der Waals surface area contributed by atoms with Crippen molar-refractivity contribution in [3.05, 3.63) is 52.0 Å². The molecular formula is C16H15BrO4. The van der Waals surface area contributed by atoms with Crippen molar-refractivity contribution in [2.24, 2.45) is 0 Å². The predicted molar refractivity (Wildman–Crippen MR) is 83.4 cm³/mol. The summed E-state index contributed by atoms with van der Waals surface area (Å²) in [6, 6.07) is 10.7. The maximum atomic E-state index is 10.9. The molecule has 0 saturated carbocycles. The Hall–Kier alpha value is -2.01. The van der Waals surface area contributed by atoms with Gasteiger partial charge in [0.05, 0.1) is 18.7 Å². The highest BCUT2D eigenvalue weighted by molar-refractivity contribution is 9.10. The van der Waals surface area contributed by atoms with Gasteiger partial charge in [0.25, 0.3) is 0 Å². The smallest absolute Gasteiger partial charge is 0.150 e. The SMILES string of the molecule is COc1ccc(OCc2cc(C=O)ccc2OC)c(Br)c1. The lowest BCUT2D eigenvalue weighted by molar-refractivity contribution is 0.112. The van der Waals surface area contributed by atoms with E-state index in [9.17, 15) is 4.79 Å². The van der Waals surface area contributed by atoms with E-state index in [0.29, 0.717) is 23.7 Å². The van der Waals surface area contributed by atoms with Crippen LogP contribution in [-0.2, 0) is 6.61 Å². The molecule has 0 spiro atoms. The summed E-state index contributed by atoms with van der Waals surface area (Å²) in [5, 5.41) is 0. The van der Waals surface area contributed by atoms with Crippen molar-refractivity contribution in [1.29, 1.82) is 0 Å². The van der Waals surface area contributed by atoms with Gasteiger partial charge >= 0.3 is 0 Å². The van der Waals surface area contributed by atoms with Gasteiger partial charge in [0, 0.05) is 11.1 Å². The Bertz CT molecular complexity index is 640. The van der Waals surface area contributed by atoms with Gasteiger partial charge in [-0.2, -0.15) is 0 Å². The van der Waals surface area contributed by atoms with Crippen LogP contribution in [0.3, 0.4) is 0 Å². The molecule has 0 aliphatic carbocycles. The van der Waals surface area contributed by atoms with E-state index in [1.807, 2.05) is 18.2 Å². The summed E-state index contributed by atoms with van der Waals surface area (Å²) in [6.45, 7) is 0.301. The molecule has 0 aliphatic heterocycles. The molecule has 2 aromatic carbocycles. The van der Waals surface area contributed by atoms with Crippen molar-refractivity contribution in [1.82, 2.24) is 0 Å². The Morgan fingerprint density at radius 2 is 1.81 bits per heavy atom. The van der Waals surface area contributed by atoms with E-state index in [4.69, 9.17) is 14.2 Å². The highest BCUT2D eigenvalue weighted by Gasteiger charge is 2.08. The second kappa shape index (κ2) is 7.13. The Labute approximate surface area is 131 Å². The molecule has 0 radical (unpaired) electrons. The van der Waals surface area contributed by atoms with Gasteiger partial charge in [0.15, 0.2) is 0 Å². The van der Waals surface area contributed by atoms with Crippen LogP contribution < -0.4 is 14.2 Å². The number of halogens is 1. The van der Waals surface area contributed by atoms with Crippen LogP contribution in [0.5, 0.6) is 17.2 Å². The summed E-state index contributed by atoms with van der Waals surface area (Å²) in [7, 11) is 3.20. The summed E-state index contributed by atoms with van der Waals surface area (Å²) >= 11 is 3.43. The minimum atomic E-state index is 0.301. The molecule has 5 heteroatoms. The summed E-state index contributed by atoms with van der Waals surface area (Å²) in [5.41, 5.74) is 1.40. The largest absolute Gasteiger partial charge is 0.497 e. The van der Waals surface area contributed by atoms with Gasteiger partial charge < -0.3 is 14.2 Å². The van der Waals surface area contributed by atoms with Crippen molar-refractivity contribution in [2.45, 2.75) is 6.61 Å². The monoisotopic (exact) mass is 350 g/mol. The van der Waals surface area contributed by atoms with Gasteiger partial charge in [0.1, 0.15) is 30.1 Å². The summed E-state index contributed by atoms with van der Waals surface area (Å²) in [6.07, 6.45) is 0.798. The standard InChI is InChI=1S/C16H15BrO4/c1-19-13-4-6-16(14(17)8-13)21-10-12-7-11(9-18)3-5-15(12)20-2/h3-9H,10H2,1-2H3. The number of hydrogen-bond acceptors (Lipinski definition) is 4. The van der Waals surface area contributed by atoms with Gasteiger partial charge in [-0.05, 0) is 52.3 Å². The van der Waals surface area contributed by atoms with Crippen LogP contribution in [0.1, 0.15) is 15.9 Å². The van der Waals surface area contributed by atoms with Crippen molar-refractivity contribution >= 4 is 22.2 Å². The predicted octanol–water partition coefficient (Wildman–Crippen LogP) is 3.86. The quantitative estimate of drug-likeness (QED) is 0.742. The minimum absolute atomic E-state index is 0.301. The lowest BCUT2D eigenvalue weighted by Crippen LogP contribution is -2.00. The third-order valence-electron chi connectivity index (χ3n) is 2.96. The summed E-state index contributed by atoms with van der Waals surface area (Å²) < 4.78 is 17.0. The molecule has 0 saturated heterocycles. The first-order valence-corrected chi connectivity index (χ1v) is 7.05. The molecule has 0 aromatic heterocycles. The van der Waals surface area contributed by atoms with E-state index < -0.39 is 0 Å². The molecule has 0 atom stereocenters. The number of ether oxygens (including phenoxy) is 3. The molecule has 0 bridgehead atoms. The second-order valence-corrected chi connectivity index (χ2v) is 5.13. The molecule has 0 fully saturated rings. The van der Waals surface area contributed by atoms with Gasteiger partial charge in [-0.1, -0.05) is 0 Å². The van der Waals surface area contributed by atoms with E-state index in [2.05, 4.69) is 15.9 Å². The van der Waals surface area contributed by atoms with Crippen LogP contribution in [0, 0.1) is 0 Å². The van der Waals surface area contributed by atoms with Gasteiger partial charge in [-0.15, -0.1) is 0 Å². The van der Waals surface area contributed by atoms with Crippen molar-refractivity contribution in [3.63, 3.8) is 0 Å². The molecule has 2 rings (SSSR count). The lowest BCUT2D eigenvalue weighted by Gasteiger charge is -2.12. The average molecular weight is 351 g/mol. The van der Waals surface area contributed by atoms with Crippen LogP contribution in [0.4, 0.5) is 0 Å². The van der Waals surface area contributed by atoms with Crippen molar-refractivity contribution in [2.75, 3.05) is 14.2 Å². The normalized spacial score (nSPS) is 10.0. The zero-order valence-electron chi connectivity index (χ0n) is 11.8. The number of rotatable bonds is 6. The van der Waals surface area contributed by atoms with Crippen LogP contribution in [0.25, 0.3) is 0 Å². The van der Waals surface area contributed by atoms with Gasteiger partial charge in [-0.3, -0.25) is 4.79 Å². The highest BCUT2D eigenvalue weighted by atomic mass is 79.9. The maximum Gasteiger partial charge on any atom is 0.150 e. The molecule has 4 nitrogen and oxygen atoms in total. The molecule has 0 N–H and O–H groups in total. The zero-order chi connectivity index (χ0) is 15.2. The molecule has 0 amide bonds. The molecule has 0 unspecified atom stereocenters. The fraction of sp³-hybridized carbons (Fsp3) is 0.188. The number of methoxy groups -OCH3 is 2. The first-order chi connectivity index (χ1) is 10.2. The van der Waals surface area contributed by atoms with E-state index >= 15 is 0 Å². The van der Waals surface area contributed by atoms with Crippen LogP contribution in [0.15, 0.2) is 40.9 Å².